The van der Waals surface area contributed by atoms with Gasteiger partial charge in [-0.05, 0) is 44.2 Å². The zero-order valence-corrected chi connectivity index (χ0v) is 10.9. The van der Waals surface area contributed by atoms with Gasteiger partial charge in [0.1, 0.15) is 0 Å². The molecule has 1 N–H and O–H groups in total. The number of hydrogen-bond donors (Lipinski definition) is 1. The Balaban J connectivity index is 0.00000112. The van der Waals surface area contributed by atoms with E-state index < -0.39 is 0 Å². The summed E-state index contributed by atoms with van der Waals surface area (Å²) in [6.45, 7) is 9.86. The fraction of sp³-hybridized carbons (Fsp3) is 1.00. The molecule has 3 heteroatoms. The molecule has 0 spiro atoms. The molecule has 0 radical (unpaired) electrons. The molecule has 2 saturated heterocycles. The van der Waals surface area contributed by atoms with Crippen molar-refractivity contribution in [2.45, 2.75) is 39.2 Å². The largest absolute Gasteiger partial charge is 0.314 e. The lowest BCUT2D eigenvalue weighted by atomic mass is 9.88. The third-order valence-corrected chi connectivity index (χ3v) is 3.73. The van der Waals surface area contributed by atoms with E-state index in [9.17, 15) is 0 Å². The maximum absolute atomic E-state index is 3.36. The number of nitrogens with one attached hydrogen (secondary N) is 1. The average Bonchev–Trinajstić information content (AvgIpc) is 2.04. The zero-order chi connectivity index (χ0) is 9.97. The van der Waals surface area contributed by atoms with Crippen LogP contribution in [0.3, 0.4) is 0 Å². The second-order valence-electron chi connectivity index (χ2n) is 5.42. The molecule has 2 aliphatic heterocycles. The van der Waals surface area contributed by atoms with E-state index >= 15 is 0 Å². The van der Waals surface area contributed by atoms with Crippen LogP contribution in [0, 0.1) is 11.8 Å². The maximum atomic E-state index is 3.36. The molecule has 0 bridgehead atoms. The lowest BCUT2D eigenvalue weighted by Gasteiger charge is -2.42. The highest BCUT2D eigenvalue weighted by Crippen LogP contribution is 2.25. The molecule has 0 unspecified atom stereocenters. The van der Waals surface area contributed by atoms with Gasteiger partial charge < -0.3 is 5.32 Å². The van der Waals surface area contributed by atoms with E-state index in [2.05, 4.69) is 24.1 Å². The molecule has 2 fully saturated rings. The quantitative estimate of drug-likeness (QED) is 0.802. The SMILES string of the molecule is CC(C)CC1CCN(C2CNC2)CC1.Cl. The Hall–Kier alpha value is 0.210. The molecule has 0 aromatic rings. The van der Waals surface area contributed by atoms with Crippen LogP contribution in [-0.2, 0) is 0 Å². The van der Waals surface area contributed by atoms with Crippen LogP contribution >= 0.6 is 12.4 Å². The first kappa shape index (κ1) is 13.3. The Kier molecular flexibility index (Phi) is 5.37. The first-order chi connectivity index (χ1) is 6.75. The molecule has 2 aliphatic rings. The summed E-state index contributed by atoms with van der Waals surface area (Å²) < 4.78 is 0. The van der Waals surface area contributed by atoms with Crippen LogP contribution in [0.1, 0.15) is 33.1 Å². The maximum Gasteiger partial charge on any atom is 0.0345 e. The molecule has 0 saturated carbocycles. The van der Waals surface area contributed by atoms with Gasteiger partial charge in [0, 0.05) is 19.1 Å². The lowest BCUT2D eigenvalue weighted by Crippen LogP contribution is -2.58. The fourth-order valence-electron chi connectivity index (χ4n) is 2.75. The third-order valence-electron chi connectivity index (χ3n) is 3.73. The highest BCUT2D eigenvalue weighted by atomic mass is 35.5. The zero-order valence-electron chi connectivity index (χ0n) is 10.0. The van der Waals surface area contributed by atoms with Gasteiger partial charge in [-0.3, -0.25) is 4.90 Å². The minimum atomic E-state index is 0. The molecule has 2 rings (SSSR count). The number of nitrogens with zero attached hydrogens (tertiary/aromatic N) is 1. The van der Waals surface area contributed by atoms with E-state index in [-0.39, 0.29) is 12.4 Å². The van der Waals surface area contributed by atoms with E-state index in [4.69, 9.17) is 0 Å². The number of rotatable bonds is 3. The Labute approximate surface area is 100 Å². The normalized spacial score (nSPS) is 25.0. The van der Waals surface area contributed by atoms with Gasteiger partial charge in [-0.15, -0.1) is 12.4 Å². The molecule has 0 amide bonds. The van der Waals surface area contributed by atoms with E-state index in [0.29, 0.717) is 0 Å². The predicted molar refractivity (Wildman–Crippen MR) is 67.7 cm³/mol. The van der Waals surface area contributed by atoms with E-state index in [1.807, 2.05) is 0 Å². The van der Waals surface area contributed by atoms with Crippen LogP contribution in [0.5, 0.6) is 0 Å². The van der Waals surface area contributed by atoms with Crippen LogP contribution in [0.25, 0.3) is 0 Å². The summed E-state index contributed by atoms with van der Waals surface area (Å²) >= 11 is 0. The van der Waals surface area contributed by atoms with Gasteiger partial charge in [0.2, 0.25) is 0 Å². The van der Waals surface area contributed by atoms with Gasteiger partial charge in [-0.25, -0.2) is 0 Å². The van der Waals surface area contributed by atoms with Crippen molar-refractivity contribution >= 4 is 12.4 Å². The van der Waals surface area contributed by atoms with Crippen LogP contribution < -0.4 is 5.32 Å². The molecule has 0 aromatic heterocycles. The van der Waals surface area contributed by atoms with Crippen LogP contribution in [0.2, 0.25) is 0 Å². The van der Waals surface area contributed by atoms with Crippen molar-refractivity contribution in [2.24, 2.45) is 11.8 Å². The van der Waals surface area contributed by atoms with Gasteiger partial charge in [0.25, 0.3) is 0 Å². The summed E-state index contributed by atoms with van der Waals surface area (Å²) in [6.07, 6.45) is 4.32. The number of piperidine rings is 1. The van der Waals surface area contributed by atoms with E-state index in [1.54, 1.807) is 0 Å². The summed E-state index contributed by atoms with van der Waals surface area (Å²) in [5, 5.41) is 3.36. The summed E-state index contributed by atoms with van der Waals surface area (Å²) in [5.41, 5.74) is 0. The Bertz CT molecular complexity index is 172. The molecule has 0 aliphatic carbocycles. The van der Waals surface area contributed by atoms with E-state index in [0.717, 1.165) is 17.9 Å². The van der Waals surface area contributed by atoms with E-state index in [1.165, 1.54) is 45.4 Å². The summed E-state index contributed by atoms with van der Waals surface area (Å²) in [5.74, 6) is 1.90. The fourth-order valence-corrected chi connectivity index (χ4v) is 2.75. The van der Waals surface area contributed by atoms with Crippen molar-refractivity contribution in [3.8, 4) is 0 Å². The molecule has 2 nitrogen and oxygen atoms in total. The van der Waals surface area contributed by atoms with Gasteiger partial charge in [0.05, 0.1) is 0 Å². The highest BCUT2D eigenvalue weighted by molar-refractivity contribution is 5.85. The molecule has 2 heterocycles. The summed E-state index contributed by atoms with van der Waals surface area (Å²) in [4.78, 5) is 2.69. The first-order valence-corrected chi connectivity index (χ1v) is 6.20. The summed E-state index contributed by atoms with van der Waals surface area (Å²) in [6, 6.07) is 0.870. The van der Waals surface area contributed by atoms with Crippen molar-refractivity contribution in [1.82, 2.24) is 10.2 Å². The molecule has 15 heavy (non-hydrogen) atoms. The number of halogens is 1. The standard InChI is InChI=1S/C12H24N2.ClH/c1-10(2)7-11-3-5-14(6-4-11)12-8-13-9-12;/h10-13H,3-9H2,1-2H3;1H. The van der Waals surface area contributed by atoms with Crippen molar-refractivity contribution in [2.75, 3.05) is 26.2 Å². The van der Waals surface area contributed by atoms with Crippen molar-refractivity contribution in [3.05, 3.63) is 0 Å². The molecule has 0 atom stereocenters. The van der Waals surface area contributed by atoms with Crippen molar-refractivity contribution in [1.29, 1.82) is 0 Å². The van der Waals surface area contributed by atoms with Gasteiger partial charge in [-0.2, -0.15) is 0 Å². The predicted octanol–water partition coefficient (Wildman–Crippen LogP) is 2.14. The number of likely N-dealkylation sites (tertiary alicyclic amines) is 1. The minimum absolute atomic E-state index is 0. The smallest absolute Gasteiger partial charge is 0.0345 e. The first-order valence-electron chi connectivity index (χ1n) is 6.20. The Morgan fingerprint density at radius 2 is 1.80 bits per heavy atom. The van der Waals surface area contributed by atoms with Crippen LogP contribution in [-0.4, -0.2) is 37.1 Å². The third kappa shape index (κ3) is 3.61. The molecule has 90 valence electrons. The second-order valence-corrected chi connectivity index (χ2v) is 5.42. The Morgan fingerprint density at radius 1 is 1.20 bits per heavy atom. The van der Waals surface area contributed by atoms with Crippen molar-refractivity contribution < 1.29 is 0 Å². The Morgan fingerprint density at radius 3 is 2.20 bits per heavy atom. The second kappa shape index (κ2) is 6.07. The molecular formula is C12H25ClN2. The van der Waals surface area contributed by atoms with Gasteiger partial charge >= 0.3 is 0 Å². The highest BCUT2D eigenvalue weighted by Gasteiger charge is 2.28. The number of hydrogen-bond acceptors (Lipinski definition) is 2. The topological polar surface area (TPSA) is 15.3 Å². The average molecular weight is 233 g/mol. The van der Waals surface area contributed by atoms with Crippen LogP contribution in [0.4, 0.5) is 0 Å². The minimum Gasteiger partial charge on any atom is -0.314 e. The summed E-state index contributed by atoms with van der Waals surface area (Å²) in [7, 11) is 0. The van der Waals surface area contributed by atoms with Gasteiger partial charge in [-0.1, -0.05) is 13.8 Å². The van der Waals surface area contributed by atoms with Crippen molar-refractivity contribution in [3.63, 3.8) is 0 Å². The molecular weight excluding hydrogens is 208 g/mol. The van der Waals surface area contributed by atoms with Crippen LogP contribution in [0.15, 0.2) is 0 Å². The van der Waals surface area contributed by atoms with Gasteiger partial charge in [0.15, 0.2) is 0 Å². The molecule has 0 aromatic carbocycles. The lowest BCUT2D eigenvalue weighted by molar-refractivity contribution is 0.0931. The monoisotopic (exact) mass is 232 g/mol.